The van der Waals surface area contributed by atoms with Gasteiger partial charge < -0.3 is 4.74 Å². The van der Waals surface area contributed by atoms with Crippen LogP contribution in [0.1, 0.15) is 50.7 Å². The molecule has 1 aromatic carbocycles. The van der Waals surface area contributed by atoms with Crippen molar-refractivity contribution in [1.29, 1.82) is 0 Å². The quantitative estimate of drug-likeness (QED) is 0.675. The molecule has 1 saturated heterocycles. The fraction of sp³-hybridized carbons (Fsp3) is 0.619. The number of likely N-dealkylation sites (tertiary alicyclic amines) is 1. The molecule has 2 rings (SSSR count). The number of ether oxygens (including phenoxy) is 1. The SMILES string of the molecule is C=C(c1ccc(C)cc1)C(C)(C)CCCN1CCC[C@H]1COC. The summed E-state index contributed by atoms with van der Waals surface area (Å²) in [6.07, 6.45) is 4.99. The number of hydrogen-bond donors (Lipinski definition) is 0. The first-order chi connectivity index (χ1) is 10.9. The molecule has 0 bridgehead atoms. The zero-order chi connectivity index (χ0) is 16.9. The van der Waals surface area contributed by atoms with Crippen LogP contribution in [0.5, 0.6) is 0 Å². The molecule has 1 atom stereocenters. The van der Waals surface area contributed by atoms with Crippen LogP contribution in [0.15, 0.2) is 30.8 Å². The molecule has 0 spiro atoms. The highest BCUT2D eigenvalue weighted by Crippen LogP contribution is 2.37. The summed E-state index contributed by atoms with van der Waals surface area (Å²) in [5.74, 6) is 0. The Morgan fingerprint density at radius 3 is 2.65 bits per heavy atom. The molecule has 1 aliphatic heterocycles. The standard InChI is InChI=1S/C21H33NO/c1-17-9-11-19(12-10-17)18(2)21(3,4)13-7-15-22-14-6-8-20(22)16-23-5/h9-12,20H,2,6-8,13-16H2,1,3-5H3/t20-/m0/s1. The molecule has 128 valence electrons. The maximum atomic E-state index is 5.35. The van der Waals surface area contributed by atoms with Crippen LogP contribution in [0, 0.1) is 12.3 Å². The summed E-state index contributed by atoms with van der Waals surface area (Å²) in [4.78, 5) is 2.61. The predicted octanol–water partition coefficient (Wildman–Crippen LogP) is 4.93. The Hall–Kier alpha value is -1.12. The van der Waals surface area contributed by atoms with E-state index < -0.39 is 0 Å². The van der Waals surface area contributed by atoms with E-state index in [0.717, 1.165) is 6.61 Å². The van der Waals surface area contributed by atoms with E-state index in [1.165, 1.54) is 55.5 Å². The zero-order valence-electron chi connectivity index (χ0n) is 15.4. The van der Waals surface area contributed by atoms with Gasteiger partial charge >= 0.3 is 0 Å². The monoisotopic (exact) mass is 315 g/mol. The van der Waals surface area contributed by atoms with Gasteiger partial charge in [0.25, 0.3) is 0 Å². The highest BCUT2D eigenvalue weighted by molar-refractivity contribution is 5.67. The first-order valence-electron chi connectivity index (χ1n) is 8.93. The maximum absolute atomic E-state index is 5.35. The van der Waals surface area contributed by atoms with E-state index in [0.29, 0.717) is 6.04 Å². The van der Waals surface area contributed by atoms with E-state index in [4.69, 9.17) is 4.74 Å². The molecular formula is C21H33NO. The second kappa shape index (κ2) is 8.12. The molecule has 0 saturated carbocycles. The number of methoxy groups -OCH3 is 1. The smallest absolute Gasteiger partial charge is 0.0618 e. The van der Waals surface area contributed by atoms with Crippen molar-refractivity contribution in [1.82, 2.24) is 4.90 Å². The van der Waals surface area contributed by atoms with Gasteiger partial charge in [-0.15, -0.1) is 0 Å². The molecule has 1 aliphatic rings. The number of aryl methyl sites for hydroxylation is 1. The van der Waals surface area contributed by atoms with Gasteiger partial charge in [0, 0.05) is 13.2 Å². The lowest BCUT2D eigenvalue weighted by molar-refractivity contribution is 0.113. The van der Waals surface area contributed by atoms with Crippen molar-refractivity contribution in [2.75, 3.05) is 26.8 Å². The number of hydrogen-bond acceptors (Lipinski definition) is 2. The van der Waals surface area contributed by atoms with Crippen molar-refractivity contribution in [2.24, 2.45) is 5.41 Å². The Balaban J connectivity index is 1.86. The van der Waals surface area contributed by atoms with Crippen LogP contribution in [-0.2, 0) is 4.74 Å². The molecule has 1 aromatic rings. The molecule has 2 nitrogen and oxygen atoms in total. The van der Waals surface area contributed by atoms with Crippen LogP contribution < -0.4 is 0 Å². The van der Waals surface area contributed by atoms with Crippen LogP contribution in [-0.4, -0.2) is 37.7 Å². The summed E-state index contributed by atoms with van der Waals surface area (Å²) >= 11 is 0. The van der Waals surface area contributed by atoms with Crippen LogP contribution >= 0.6 is 0 Å². The molecule has 0 radical (unpaired) electrons. The van der Waals surface area contributed by atoms with Crippen molar-refractivity contribution >= 4 is 5.57 Å². The number of rotatable bonds is 8. The van der Waals surface area contributed by atoms with E-state index in [-0.39, 0.29) is 5.41 Å². The molecular weight excluding hydrogens is 282 g/mol. The highest BCUT2D eigenvalue weighted by atomic mass is 16.5. The van der Waals surface area contributed by atoms with Gasteiger partial charge in [0.15, 0.2) is 0 Å². The number of benzene rings is 1. The summed E-state index contributed by atoms with van der Waals surface area (Å²) < 4.78 is 5.35. The minimum Gasteiger partial charge on any atom is -0.383 e. The van der Waals surface area contributed by atoms with E-state index in [9.17, 15) is 0 Å². The van der Waals surface area contributed by atoms with Crippen LogP contribution in [0.4, 0.5) is 0 Å². The van der Waals surface area contributed by atoms with Crippen molar-refractivity contribution in [2.45, 2.75) is 52.5 Å². The fourth-order valence-electron chi connectivity index (χ4n) is 3.59. The van der Waals surface area contributed by atoms with Gasteiger partial charge in [-0.3, -0.25) is 4.90 Å². The molecule has 1 fully saturated rings. The first kappa shape index (κ1) is 18.2. The van der Waals surface area contributed by atoms with Gasteiger partial charge in [0.05, 0.1) is 6.61 Å². The van der Waals surface area contributed by atoms with Gasteiger partial charge in [0.1, 0.15) is 0 Å². The van der Waals surface area contributed by atoms with E-state index >= 15 is 0 Å². The molecule has 0 aliphatic carbocycles. The second-order valence-corrected chi connectivity index (χ2v) is 7.62. The Morgan fingerprint density at radius 1 is 1.30 bits per heavy atom. The normalized spacial score (nSPS) is 19.2. The van der Waals surface area contributed by atoms with Crippen molar-refractivity contribution in [3.63, 3.8) is 0 Å². The Kier molecular flexibility index (Phi) is 6.43. The third-order valence-electron chi connectivity index (χ3n) is 5.32. The molecule has 2 heteroatoms. The van der Waals surface area contributed by atoms with Crippen molar-refractivity contribution in [3.05, 3.63) is 42.0 Å². The Bertz CT molecular complexity index is 503. The molecule has 0 unspecified atom stereocenters. The van der Waals surface area contributed by atoms with Crippen molar-refractivity contribution in [3.8, 4) is 0 Å². The third-order valence-corrected chi connectivity index (χ3v) is 5.32. The minimum absolute atomic E-state index is 0.145. The van der Waals surface area contributed by atoms with Gasteiger partial charge in [-0.05, 0) is 62.2 Å². The zero-order valence-corrected chi connectivity index (χ0v) is 15.4. The Morgan fingerprint density at radius 2 is 2.00 bits per heavy atom. The molecule has 23 heavy (non-hydrogen) atoms. The topological polar surface area (TPSA) is 12.5 Å². The summed E-state index contributed by atoms with van der Waals surface area (Å²) in [5.41, 5.74) is 3.98. The lowest BCUT2D eigenvalue weighted by Crippen LogP contribution is -2.34. The average Bonchev–Trinajstić information content (AvgIpc) is 2.95. The maximum Gasteiger partial charge on any atom is 0.0618 e. The summed E-state index contributed by atoms with van der Waals surface area (Å²) in [5, 5.41) is 0. The van der Waals surface area contributed by atoms with Gasteiger partial charge in [-0.25, -0.2) is 0 Å². The summed E-state index contributed by atoms with van der Waals surface area (Å²) in [6, 6.07) is 9.39. The highest BCUT2D eigenvalue weighted by Gasteiger charge is 2.26. The fourth-order valence-corrected chi connectivity index (χ4v) is 3.59. The predicted molar refractivity (Wildman–Crippen MR) is 99.7 cm³/mol. The molecule has 0 N–H and O–H groups in total. The molecule has 0 amide bonds. The lowest BCUT2D eigenvalue weighted by atomic mass is 9.77. The molecule has 1 heterocycles. The number of allylic oxidation sites excluding steroid dienone is 1. The van der Waals surface area contributed by atoms with E-state index in [1.54, 1.807) is 0 Å². The van der Waals surface area contributed by atoms with Crippen molar-refractivity contribution < 1.29 is 4.74 Å². The second-order valence-electron chi connectivity index (χ2n) is 7.62. The Labute approximate surface area is 142 Å². The number of nitrogens with zero attached hydrogens (tertiary/aromatic N) is 1. The minimum atomic E-state index is 0.145. The van der Waals surface area contributed by atoms with E-state index in [1.807, 2.05) is 7.11 Å². The third kappa shape index (κ3) is 4.92. The van der Waals surface area contributed by atoms with Crippen LogP contribution in [0.25, 0.3) is 5.57 Å². The average molecular weight is 316 g/mol. The van der Waals surface area contributed by atoms with Gasteiger partial charge in [-0.1, -0.05) is 50.3 Å². The van der Waals surface area contributed by atoms with Gasteiger partial charge in [0.2, 0.25) is 0 Å². The van der Waals surface area contributed by atoms with Crippen LogP contribution in [0.2, 0.25) is 0 Å². The lowest BCUT2D eigenvalue weighted by Gasteiger charge is -2.30. The summed E-state index contributed by atoms with van der Waals surface area (Å²) in [6.45, 7) is 14.5. The molecule has 0 aromatic heterocycles. The van der Waals surface area contributed by atoms with Crippen LogP contribution in [0.3, 0.4) is 0 Å². The largest absolute Gasteiger partial charge is 0.383 e. The van der Waals surface area contributed by atoms with Gasteiger partial charge in [-0.2, -0.15) is 0 Å². The van der Waals surface area contributed by atoms with E-state index in [2.05, 4.69) is 56.5 Å². The first-order valence-corrected chi connectivity index (χ1v) is 8.93. The summed E-state index contributed by atoms with van der Waals surface area (Å²) in [7, 11) is 1.81.